The van der Waals surface area contributed by atoms with Gasteiger partial charge in [-0.3, -0.25) is 0 Å². The maximum absolute atomic E-state index is 16.0. The van der Waals surface area contributed by atoms with E-state index in [1.165, 1.54) is 0 Å². The summed E-state index contributed by atoms with van der Waals surface area (Å²) in [6, 6.07) is 24.6. The van der Waals surface area contributed by atoms with E-state index in [-0.39, 0.29) is 0 Å². The number of hydrogen-bond donors (Lipinski definition) is 0. The van der Waals surface area contributed by atoms with Gasteiger partial charge in [-0.05, 0) is 0 Å². The SMILES string of the molecule is COCCOc1ccccc1[Se+](c1ccccc1OCCOC)c1ccccc1OCCOC.Fc1c(F)c(Cl)c(Cl)c([B-](c2c(F)c(F)c(F)c(Cl)c2Cl)(c2c(F)c(F)c(F)c(Cl)c2Cl)c2c(F)c(F)c(F)c(Cl)c2Cl)c1F. The Balaban J connectivity index is 0.000000265. The fourth-order valence-corrected chi connectivity index (χ4v) is 15.1. The third kappa shape index (κ3) is 12.3. The van der Waals surface area contributed by atoms with E-state index in [0.29, 0.717) is 39.6 Å². The topological polar surface area (TPSA) is 55.4 Å². The van der Waals surface area contributed by atoms with Crippen LogP contribution in [0, 0.1) is 69.8 Å². The molecule has 0 radical (unpaired) electrons. The van der Waals surface area contributed by atoms with Crippen molar-refractivity contribution in [2.45, 2.75) is 0 Å². The molecular weight excluding hydrogens is 1310 g/mol. The Hall–Kier alpha value is -4.12. The van der Waals surface area contributed by atoms with Crippen LogP contribution in [0.25, 0.3) is 0 Å². The number of para-hydroxylation sites is 3. The average Bonchev–Trinajstić information content (AvgIpc) is 3.62. The standard InChI is InChI=1S/C27H33O6Se.C24BCl8F12/c1-28-16-19-31-22-10-4-7-13-25(22)34(26-14-8-5-11-23(26)32-20-17-29-2)27-15-9-6-12-24(27)33-21-18-30-3;26-5-1(13(34)21(42)17(38)9(5)30)25(2-6(27)10(31)18(39)22(43)14(2)35,3-7(28)11(32)19(40)23(44)15(3)36)4-8(29)12(33)20(41)24(45)16(4)37/h4-15H,16-21H2,1-3H3;/q+1;-1. The van der Waals surface area contributed by atoms with Gasteiger partial charge in [0.1, 0.15) is 29.4 Å². The summed E-state index contributed by atoms with van der Waals surface area (Å²) >= 11 is 44.8. The summed E-state index contributed by atoms with van der Waals surface area (Å²) in [5, 5.41) is -13.9. The molecule has 0 aliphatic rings. The minimum absolute atomic E-state index is 0.477. The smallest absolute Gasteiger partial charge is 0.192 e. The Morgan fingerprint density at radius 1 is 0.304 bits per heavy atom. The molecule has 79 heavy (non-hydrogen) atoms. The normalized spacial score (nSPS) is 11.5. The number of halogens is 20. The summed E-state index contributed by atoms with van der Waals surface area (Å²) in [6.07, 6.45) is -5.62. The van der Waals surface area contributed by atoms with Gasteiger partial charge in [-0.15, -0.1) is 21.9 Å². The second-order valence-electron chi connectivity index (χ2n) is 16.0. The summed E-state index contributed by atoms with van der Waals surface area (Å²) in [4.78, 5) is 0. The van der Waals surface area contributed by atoms with E-state index in [4.69, 9.17) is 121 Å². The monoisotopic (exact) mass is 1340 g/mol. The van der Waals surface area contributed by atoms with Crippen LogP contribution in [0.2, 0.25) is 40.2 Å². The summed E-state index contributed by atoms with van der Waals surface area (Å²) in [5.74, 6) is -28.7. The van der Waals surface area contributed by atoms with E-state index >= 15 is 35.1 Å². The first-order valence-corrected chi connectivity index (χ1v) is 27.7. The van der Waals surface area contributed by atoms with Crippen LogP contribution in [0.4, 0.5) is 52.7 Å². The first kappa shape index (κ1) is 64.1. The van der Waals surface area contributed by atoms with Crippen LogP contribution in [0.1, 0.15) is 0 Å². The van der Waals surface area contributed by atoms with Gasteiger partial charge in [0.05, 0.1) is 20.1 Å². The van der Waals surface area contributed by atoms with Gasteiger partial charge in [0, 0.05) is 20.1 Å². The second-order valence-corrected chi connectivity index (χ2v) is 23.0. The van der Waals surface area contributed by atoms with Gasteiger partial charge < -0.3 is 0 Å². The molecule has 0 unspecified atom stereocenters. The van der Waals surface area contributed by atoms with Crippen molar-refractivity contribution < 1.29 is 81.1 Å². The largest absolute Gasteiger partial charge is 0.207 e. The van der Waals surface area contributed by atoms with Crippen LogP contribution in [0.3, 0.4) is 0 Å². The summed E-state index contributed by atoms with van der Waals surface area (Å²) in [6.45, 7) is 2.99. The van der Waals surface area contributed by atoms with E-state index in [1.54, 1.807) is 21.3 Å². The van der Waals surface area contributed by atoms with E-state index in [1.807, 2.05) is 36.4 Å². The van der Waals surface area contributed by atoms with Crippen LogP contribution in [-0.2, 0) is 14.2 Å². The Morgan fingerprint density at radius 2 is 0.519 bits per heavy atom. The number of methoxy groups -OCH3 is 3. The molecule has 7 rings (SSSR count). The quantitative estimate of drug-likeness (QED) is 0.0264. The van der Waals surface area contributed by atoms with Gasteiger partial charge >= 0.3 is 207 Å². The number of rotatable bonds is 19. The maximum atomic E-state index is 16.0. The van der Waals surface area contributed by atoms with Crippen molar-refractivity contribution in [1.82, 2.24) is 0 Å². The molecule has 0 aromatic heterocycles. The van der Waals surface area contributed by atoms with Crippen LogP contribution in [0.15, 0.2) is 72.8 Å². The van der Waals surface area contributed by atoms with Crippen molar-refractivity contribution in [3.63, 3.8) is 0 Å². The molecular formula is C51H33BCl8F12O6Se. The third-order valence-electron chi connectivity index (χ3n) is 11.5. The molecule has 0 amide bonds. The second kappa shape index (κ2) is 27.8. The molecule has 6 nitrogen and oxygen atoms in total. The molecule has 0 saturated carbocycles. The molecule has 28 heteroatoms. The van der Waals surface area contributed by atoms with Crippen LogP contribution >= 0.6 is 92.8 Å². The van der Waals surface area contributed by atoms with Gasteiger partial charge in [-0.2, -0.15) is 0 Å². The number of benzene rings is 7. The zero-order valence-corrected chi connectivity index (χ0v) is 47.9. The molecule has 0 spiro atoms. The molecule has 422 valence electrons. The van der Waals surface area contributed by atoms with Crippen molar-refractivity contribution in [2.75, 3.05) is 61.0 Å². The zero-order chi connectivity index (χ0) is 58.4. The Labute approximate surface area is 486 Å². The minimum Gasteiger partial charge on any atom is -0.207 e. The predicted molar refractivity (Wildman–Crippen MR) is 286 cm³/mol. The molecule has 0 saturated heterocycles. The van der Waals surface area contributed by atoms with Gasteiger partial charge in [0.15, 0.2) is 46.5 Å². The molecule has 7 aromatic rings. The maximum Gasteiger partial charge on any atom is 0.192 e. The van der Waals surface area contributed by atoms with Crippen molar-refractivity contribution in [3.8, 4) is 17.2 Å². The molecule has 0 aliphatic heterocycles. The molecule has 0 aliphatic carbocycles. The molecule has 0 fully saturated rings. The predicted octanol–water partition coefficient (Wildman–Crippen LogP) is 12.2. The van der Waals surface area contributed by atoms with E-state index in [0.717, 1.165) is 30.6 Å². The van der Waals surface area contributed by atoms with Gasteiger partial charge in [0.25, 0.3) is 0 Å². The molecule has 0 bridgehead atoms. The van der Waals surface area contributed by atoms with Gasteiger partial charge in [-0.1, -0.05) is 92.8 Å². The van der Waals surface area contributed by atoms with Crippen LogP contribution < -0.4 is 49.4 Å². The first-order chi connectivity index (χ1) is 37.5. The van der Waals surface area contributed by atoms with Crippen molar-refractivity contribution >= 4 is 148 Å². The summed E-state index contributed by atoms with van der Waals surface area (Å²) < 4.78 is 220. The zero-order valence-electron chi connectivity index (χ0n) is 40.2. The molecule has 0 heterocycles. The molecule has 0 atom stereocenters. The van der Waals surface area contributed by atoms with E-state index in [9.17, 15) is 17.6 Å². The number of hydrogen-bond acceptors (Lipinski definition) is 6. The average molecular weight is 1340 g/mol. The Bertz CT molecular complexity index is 2900. The first-order valence-electron chi connectivity index (χ1n) is 22.1. The Kier molecular flexibility index (Phi) is 22.5. The number of ether oxygens (including phenoxy) is 6. The van der Waals surface area contributed by atoms with Crippen molar-refractivity contribution in [3.05, 3.63) is 183 Å². The Morgan fingerprint density at radius 3 is 0.734 bits per heavy atom. The minimum atomic E-state index is -5.62. The summed E-state index contributed by atoms with van der Waals surface area (Å²) in [5.41, 5.74) is -8.47. The summed E-state index contributed by atoms with van der Waals surface area (Å²) in [7, 11) is 5.02. The van der Waals surface area contributed by atoms with Crippen LogP contribution in [0.5, 0.6) is 17.2 Å². The van der Waals surface area contributed by atoms with Crippen molar-refractivity contribution in [2.24, 2.45) is 0 Å². The van der Waals surface area contributed by atoms with Gasteiger partial charge in [-0.25, -0.2) is 52.7 Å². The molecule has 7 aromatic carbocycles. The third-order valence-corrected chi connectivity index (χ3v) is 19.8. The van der Waals surface area contributed by atoms with Crippen LogP contribution in [-0.4, -0.2) is 81.0 Å². The van der Waals surface area contributed by atoms with E-state index < -0.39 is 152 Å². The fraction of sp³-hybridized carbons (Fsp3) is 0.176. The molecule has 0 N–H and O–H groups in total. The van der Waals surface area contributed by atoms with E-state index in [2.05, 4.69) is 36.4 Å². The van der Waals surface area contributed by atoms with Crippen molar-refractivity contribution in [1.29, 1.82) is 0 Å². The van der Waals surface area contributed by atoms with Gasteiger partial charge in [0.2, 0.25) is 0 Å². The fourth-order valence-electron chi connectivity index (χ4n) is 8.15.